The zero-order chi connectivity index (χ0) is 13.1. The van der Waals surface area contributed by atoms with E-state index in [1.807, 2.05) is 0 Å². The summed E-state index contributed by atoms with van der Waals surface area (Å²) >= 11 is 0. The number of hydrogen-bond donors (Lipinski definition) is 1. The van der Waals surface area contributed by atoms with Gasteiger partial charge in [-0.1, -0.05) is 18.2 Å². The lowest BCUT2D eigenvalue weighted by atomic mass is 9.87. The molecule has 3 rings (SSSR count). The molecular weight excluding hydrogens is 236 g/mol. The molecule has 1 aliphatic carbocycles. The molecule has 0 aromatic heterocycles. The summed E-state index contributed by atoms with van der Waals surface area (Å²) in [6, 6.07) is 9.19. The summed E-state index contributed by atoms with van der Waals surface area (Å²) in [5.41, 5.74) is 4.09. The molecule has 1 aliphatic heterocycles. The summed E-state index contributed by atoms with van der Waals surface area (Å²) < 4.78 is 5.14. The van der Waals surface area contributed by atoms with Crippen LogP contribution in [0.2, 0.25) is 0 Å². The quantitative estimate of drug-likeness (QED) is 0.898. The van der Waals surface area contributed by atoms with Crippen LogP contribution in [-0.4, -0.2) is 19.8 Å². The van der Waals surface area contributed by atoms with E-state index < -0.39 is 0 Å². The van der Waals surface area contributed by atoms with Gasteiger partial charge in [-0.25, -0.2) is 0 Å². The predicted molar refractivity (Wildman–Crippen MR) is 73.7 cm³/mol. The Bertz CT molecular complexity index is 500. The number of ether oxygens (including phenoxy) is 1. The molecular formula is C16H20N2O. The first kappa shape index (κ1) is 12.7. The third-order valence-corrected chi connectivity index (χ3v) is 4.20. The van der Waals surface area contributed by atoms with Gasteiger partial charge in [0.1, 0.15) is 5.41 Å². The average Bonchev–Trinajstić information content (AvgIpc) is 2.42. The van der Waals surface area contributed by atoms with Crippen LogP contribution in [0, 0.1) is 16.7 Å². The van der Waals surface area contributed by atoms with Gasteiger partial charge in [-0.15, -0.1) is 0 Å². The Morgan fingerprint density at radius 3 is 2.68 bits per heavy atom. The fourth-order valence-electron chi connectivity index (χ4n) is 2.90. The second kappa shape index (κ2) is 5.32. The minimum Gasteiger partial charge on any atom is -0.378 e. The van der Waals surface area contributed by atoms with Gasteiger partial charge in [0.05, 0.1) is 19.3 Å². The minimum absolute atomic E-state index is 0.284. The third kappa shape index (κ3) is 2.65. The van der Waals surface area contributed by atoms with E-state index in [4.69, 9.17) is 10.00 Å². The number of hydrogen-bond acceptors (Lipinski definition) is 3. The molecule has 0 spiro atoms. The normalized spacial score (nSPS) is 20.2. The molecule has 0 bridgehead atoms. The van der Waals surface area contributed by atoms with Crippen LogP contribution in [0.15, 0.2) is 18.2 Å². The second-order valence-corrected chi connectivity index (χ2v) is 5.80. The Morgan fingerprint density at radius 1 is 1.21 bits per heavy atom. The molecule has 1 aromatic carbocycles. The van der Waals surface area contributed by atoms with Gasteiger partial charge >= 0.3 is 0 Å². The maximum absolute atomic E-state index is 9.12. The van der Waals surface area contributed by atoms with Gasteiger partial charge in [-0.2, -0.15) is 5.26 Å². The molecule has 2 aliphatic rings. The predicted octanol–water partition coefficient (Wildman–Crippen LogP) is 2.20. The van der Waals surface area contributed by atoms with Gasteiger partial charge in [-0.05, 0) is 42.4 Å². The molecule has 19 heavy (non-hydrogen) atoms. The second-order valence-electron chi connectivity index (χ2n) is 5.80. The monoisotopic (exact) mass is 256 g/mol. The van der Waals surface area contributed by atoms with E-state index in [0.29, 0.717) is 13.2 Å². The van der Waals surface area contributed by atoms with Crippen molar-refractivity contribution in [2.75, 3.05) is 19.8 Å². The molecule has 1 N–H and O–H groups in total. The Balaban J connectivity index is 1.57. The average molecular weight is 256 g/mol. The summed E-state index contributed by atoms with van der Waals surface area (Å²) in [7, 11) is 0. The number of nitrogens with one attached hydrogen (secondary N) is 1. The number of nitriles is 1. The highest BCUT2D eigenvalue weighted by Gasteiger charge is 2.38. The Hall–Kier alpha value is -1.37. The minimum atomic E-state index is -0.284. The number of aryl methyl sites for hydroxylation is 2. The van der Waals surface area contributed by atoms with Crippen LogP contribution in [0.25, 0.3) is 0 Å². The van der Waals surface area contributed by atoms with Crippen molar-refractivity contribution in [2.45, 2.75) is 32.2 Å². The van der Waals surface area contributed by atoms with Crippen LogP contribution in [0.4, 0.5) is 0 Å². The smallest absolute Gasteiger partial charge is 0.116 e. The van der Waals surface area contributed by atoms with Gasteiger partial charge in [0.15, 0.2) is 0 Å². The Kier molecular flexibility index (Phi) is 3.54. The standard InChI is InChI=1S/C16H20N2O/c17-9-16(11-19-12-16)10-18-8-13-5-6-14-3-1-2-4-15(14)7-13/h5-7,18H,1-4,8,10-12H2. The van der Waals surface area contributed by atoms with Crippen LogP contribution in [0.5, 0.6) is 0 Å². The number of benzene rings is 1. The van der Waals surface area contributed by atoms with Crippen molar-refractivity contribution in [2.24, 2.45) is 5.41 Å². The van der Waals surface area contributed by atoms with Crippen LogP contribution in [0.1, 0.15) is 29.5 Å². The lowest BCUT2D eigenvalue weighted by molar-refractivity contribution is -0.0755. The first-order valence-corrected chi connectivity index (χ1v) is 7.12. The summed E-state index contributed by atoms with van der Waals surface area (Å²) in [5.74, 6) is 0. The molecule has 0 atom stereocenters. The van der Waals surface area contributed by atoms with E-state index >= 15 is 0 Å². The van der Waals surface area contributed by atoms with E-state index in [2.05, 4.69) is 29.6 Å². The van der Waals surface area contributed by atoms with Crippen molar-refractivity contribution in [1.82, 2.24) is 5.32 Å². The highest BCUT2D eigenvalue weighted by atomic mass is 16.5. The van der Waals surface area contributed by atoms with Crippen molar-refractivity contribution in [3.05, 3.63) is 34.9 Å². The highest BCUT2D eigenvalue weighted by Crippen LogP contribution is 2.26. The van der Waals surface area contributed by atoms with E-state index in [0.717, 1.165) is 13.1 Å². The first-order chi connectivity index (χ1) is 9.31. The lowest BCUT2D eigenvalue weighted by Gasteiger charge is -2.35. The molecule has 0 radical (unpaired) electrons. The van der Waals surface area contributed by atoms with Crippen molar-refractivity contribution >= 4 is 0 Å². The largest absolute Gasteiger partial charge is 0.378 e. The summed E-state index contributed by atoms with van der Waals surface area (Å²) in [6.07, 6.45) is 5.10. The fourth-order valence-corrected chi connectivity index (χ4v) is 2.90. The first-order valence-electron chi connectivity index (χ1n) is 7.12. The molecule has 1 aromatic rings. The number of fused-ring (bicyclic) bond motifs is 1. The molecule has 3 heteroatoms. The molecule has 1 saturated heterocycles. The molecule has 3 nitrogen and oxygen atoms in total. The summed E-state index contributed by atoms with van der Waals surface area (Å²) in [4.78, 5) is 0. The van der Waals surface area contributed by atoms with E-state index in [1.54, 1.807) is 0 Å². The van der Waals surface area contributed by atoms with Crippen LogP contribution < -0.4 is 5.32 Å². The van der Waals surface area contributed by atoms with Crippen molar-refractivity contribution in [3.63, 3.8) is 0 Å². The van der Waals surface area contributed by atoms with Gasteiger partial charge in [0.2, 0.25) is 0 Å². The van der Waals surface area contributed by atoms with E-state index in [-0.39, 0.29) is 5.41 Å². The fraction of sp³-hybridized carbons (Fsp3) is 0.562. The Labute approximate surface area is 114 Å². The summed E-state index contributed by atoms with van der Waals surface area (Å²) in [5, 5.41) is 12.5. The van der Waals surface area contributed by atoms with Gasteiger partial charge < -0.3 is 10.1 Å². The zero-order valence-electron chi connectivity index (χ0n) is 11.2. The summed E-state index contributed by atoms with van der Waals surface area (Å²) in [6.45, 7) is 2.71. The molecule has 1 heterocycles. The molecule has 0 unspecified atom stereocenters. The van der Waals surface area contributed by atoms with Crippen LogP contribution in [0.3, 0.4) is 0 Å². The van der Waals surface area contributed by atoms with Crippen molar-refractivity contribution in [1.29, 1.82) is 5.26 Å². The van der Waals surface area contributed by atoms with Gasteiger partial charge in [0, 0.05) is 13.1 Å². The zero-order valence-corrected chi connectivity index (χ0v) is 11.2. The van der Waals surface area contributed by atoms with Gasteiger partial charge in [-0.3, -0.25) is 0 Å². The third-order valence-electron chi connectivity index (χ3n) is 4.20. The maximum Gasteiger partial charge on any atom is 0.116 e. The molecule has 0 amide bonds. The number of rotatable bonds is 4. The maximum atomic E-state index is 9.12. The molecule has 100 valence electrons. The van der Waals surface area contributed by atoms with Crippen molar-refractivity contribution in [3.8, 4) is 6.07 Å². The number of nitrogens with zero attached hydrogens (tertiary/aromatic N) is 1. The van der Waals surface area contributed by atoms with E-state index in [1.165, 1.54) is 42.4 Å². The van der Waals surface area contributed by atoms with Crippen LogP contribution in [-0.2, 0) is 24.1 Å². The topological polar surface area (TPSA) is 45.0 Å². The Morgan fingerprint density at radius 2 is 2.00 bits per heavy atom. The SMILES string of the molecule is N#CC1(CNCc2ccc3c(c2)CCCC3)COC1. The highest BCUT2D eigenvalue weighted by molar-refractivity contribution is 5.33. The molecule has 0 saturated carbocycles. The van der Waals surface area contributed by atoms with E-state index in [9.17, 15) is 0 Å². The van der Waals surface area contributed by atoms with Gasteiger partial charge in [0.25, 0.3) is 0 Å². The lowest BCUT2D eigenvalue weighted by Crippen LogP contribution is -2.48. The van der Waals surface area contributed by atoms with Crippen molar-refractivity contribution < 1.29 is 4.74 Å². The van der Waals surface area contributed by atoms with Crippen LogP contribution >= 0.6 is 0 Å². The molecule has 1 fully saturated rings.